The molecule has 0 aromatic carbocycles. The zero-order chi connectivity index (χ0) is 12.8. The van der Waals surface area contributed by atoms with Crippen LogP contribution >= 0.6 is 0 Å². The minimum Gasteiger partial charge on any atom is -0.339 e. The number of hydrogen-bond donors (Lipinski definition) is 1. The van der Waals surface area contributed by atoms with Crippen LogP contribution in [-0.2, 0) is 4.79 Å². The monoisotopic (exact) mass is 250 g/mol. The highest BCUT2D eigenvalue weighted by molar-refractivity contribution is 5.84. The van der Waals surface area contributed by atoms with Crippen LogP contribution < -0.4 is 5.73 Å². The van der Waals surface area contributed by atoms with Crippen molar-refractivity contribution in [2.24, 2.45) is 23.0 Å². The van der Waals surface area contributed by atoms with E-state index in [1.165, 1.54) is 32.1 Å². The maximum Gasteiger partial charge on any atom is 0.230 e. The molecule has 18 heavy (non-hydrogen) atoms. The van der Waals surface area contributed by atoms with Gasteiger partial charge in [0.25, 0.3) is 0 Å². The smallest absolute Gasteiger partial charge is 0.230 e. The predicted octanol–water partition coefficient (Wildman–Crippen LogP) is 2.15. The van der Waals surface area contributed by atoms with Crippen LogP contribution in [0.15, 0.2) is 0 Å². The number of hydrogen-bond acceptors (Lipinski definition) is 2. The Balaban J connectivity index is 1.73. The second-order valence-electron chi connectivity index (χ2n) is 6.96. The zero-order valence-electron chi connectivity index (χ0n) is 11.5. The van der Waals surface area contributed by atoms with Crippen LogP contribution in [0.2, 0.25) is 0 Å². The number of rotatable bonds is 2. The van der Waals surface area contributed by atoms with Gasteiger partial charge in [-0.2, -0.15) is 0 Å². The van der Waals surface area contributed by atoms with Crippen LogP contribution in [0, 0.1) is 17.3 Å². The molecule has 2 N–H and O–H groups in total. The van der Waals surface area contributed by atoms with Crippen molar-refractivity contribution in [2.75, 3.05) is 13.1 Å². The second kappa shape index (κ2) is 4.52. The SMILES string of the molecule is CC1CCC(CN)(C(=O)N2CC3CCC2C3)CC1. The van der Waals surface area contributed by atoms with E-state index in [9.17, 15) is 4.79 Å². The largest absolute Gasteiger partial charge is 0.339 e. The Morgan fingerprint density at radius 1 is 1.28 bits per heavy atom. The van der Waals surface area contributed by atoms with Crippen molar-refractivity contribution < 1.29 is 4.79 Å². The van der Waals surface area contributed by atoms with Crippen LogP contribution in [0.3, 0.4) is 0 Å². The van der Waals surface area contributed by atoms with Gasteiger partial charge < -0.3 is 10.6 Å². The van der Waals surface area contributed by atoms with Gasteiger partial charge in [0, 0.05) is 19.1 Å². The quantitative estimate of drug-likeness (QED) is 0.816. The van der Waals surface area contributed by atoms with Gasteiger partial charge in [0.1, 0.15) is 0 Å². The van der Waals surface area contributed by atoms with Crippen molar-refractivity contribution in [2.45, 2.75) is 57.9 Å². The zero-order valence-corrected chi connectivity index (χ0v) is 11.5. The first kappa shape index (κ1) is 12.5. The summed E-state index contributed by atoms with van der Waals surface area (Å²) < 4.78 is 0. The number of likely N-dealkylation sites (tertiary alicyclic amines) is 1. The van der Waals surface area contributed by atoms with E-state index in [0.717, 1.165) is 31.2 Å². The minimum atomic E-state index is -0.211. The molecule has 0 aromatic heterocycles. The Morgan fingerprint density at radius 3 is 2.50 bits per heavy atom. The van der Waals surface area contributed by atoms with Crippen molar-refractivity contribution in [1.82, 2.24) is 4.90 Å². The fourth-order valence-corrected chi connectivity index (χ4v) is 4.30. The summed E-state index contributed by atoms with van der Waals surface area (Å²) in [4.78, 5) is 15.1. The summed E-state index contributed by atoms with van der Waals surface area (Å²) in [5.41, 5.74) is 5.79. The summed E-state index contributed by atoms with van der Waals surface area (Å²) in [6.07, 6.45) is 8.18. The van der Waals surface area contributed by atoms with E-state index < -0.39 is 0 Å². The maximum absolute atomic E-state index is 12.9. The van der Waals surface area contributed by atoms with Gasteiger partial charge in [0.2, 0.25) is 5.91 Å². The summed E-state index contributed by atoms with van der Waals surface area (Å²) in [6, 6.07) is 0.547. The topological polar surface area (TPSA) is 46.3 Å². The van der Waals surface area contributed by atoms with E-state index in [1.54, 1.807) is 0 Å². The van der Waals surface area contributed by atoms with Crippen molar-refractivity contribution >= 4 is 5.91 Å². The van der Waals surface area contributed by atoms with Gasteiger partial charge in [-0.3, -0.25) is 4.79 Å². The van der Waals surface area contributed by atoms with Crippen molar-refractivity contribution in [3.63, 3.8) is 0 Å². The Bertz CT molecular complexity index is 333. The van der Waals surface area contributed by atoms with Gasteiger partial charge in [-0.25, -0.2) is 0 Å². The third-order valence-electron chi connectivity index (χ3n) is 5.75. The van der Waals surface area contributed by atoms with Crippen LogP contribution in [0.25, 0.3) is 0 Å². The summed E-state index contributed by atoms with van der Waals surface area (Å²) in [5.74, 6) is 1.95. The highest BCUT2D eigenvalue weighted by Gasteiger charge is 2.48. The van der Waals surface area contributed by atoms with Gasteiger partial charge in [-0.15, -0.1) is 0 Å². The molecule has 0 radical (unpaired) electrons. The molecule has 2 bridgehead atoms. The number of piperidine rings is 1. The van der Waals surface area contributed by atoms with Gasteiger partial charge in [0.15, 0.2) is 0 Å². The Kier molecular flexibility index (Phi) is 3.13. The molecule has 2 saturated carbocycles. The Hall–Kier alpha value is -0.570. The molecule has 0 aromatic rings. The Labute approximate surface area is 110 Å². The van der Waals surface area contributed by atoms with Crippen molar-refractivity contribution in [1.29, 1.82) is 0 Å². The Morgan fingerprint density at radius 2 is 2.00 bits per heavy atom. The maximum atomic E-state index is 12.9. The number of carbonyl (C=O) groups excluding carboxylic acids is 1. The van der Waals surface area contributed by atoms with Crippen LogP contribution in [0.5, 0.6) is 0 Å². The molecule has 3 aliphatic rings. The molecule has 3 heteroatoms. The molecule has 3 fully saturated rings. The summed E-state index contributed by atoms with van der Waals surface area (Å²) in [5, 5.41) is 0. The van der Waals surface area contributed by atoms with Crippen LogP contribution in [0.1, 0.15) is 51.9 Å². The number of fused-ring (bicyclic) bond motifs is 2. The standard InChI is InChI=1S/C15H26N2O/c1-11-4-6-15(10-16,7-5-11)14(18)17-9-12-2-3-13(17)8-12/h11-13H,2-10,16H2,1H3. The van der Waals surface area contributed by atoms with E-state index in [0.29, 0.717) is 18.5 Å². The molecule has 2 unspecified atom stereocenters. The van der Waals surface area contributed by atoms with Crippen LogP contribution in [-0.4, -0.2) is 29.9 Å². The van der Waals surface area contributed by atoms with Gasteiger partial charge in [0.05, 0.1) is 5.41 Å². The van der Waals surface area contributed by atoms with E-state index in [4.69, 9.17) is 5.73 Å². The molecule has 102 valence electrons. The highest BCUT2D eigenvalue weighted by Crippen LogP contribution is 2.44. The van der Waals surface area contributed by atoms with Crippen LogP contribution in [0.4, 0.5) is 0 Å². The molecule has 2 aliphatic carbocycles. The van der Waals surface area contributed by atoms with E-state index in [1.807, 2.05) is 0 Å². The molecule has 3 rings (SSSR count). The lowest BCUT2D eigenvalue weighted by atomic mass is 9.70. The summed E-state index contributed by atoms with van der Waals surface area (Å²) in [6.45, 7) is 3.86. The van der Waals surface area contributed by atoms with Gasteiger partial charge >= 0.3 is 0 Å². The number of amides is 1. The fraction of sp³-hybridized carbons (Fsp3) is 0.933. The predicted molar refractivity (Wildman–Crippen MR) is 72.0 cm³/mol. The van der Waals surface area contributed by atoms with E-state index in [2.05, 4.69) is 11.8 Å². The first-order valence-corrected chi connectivity index (χ1v) is 7.66. The fourth-order valence-electron chi connectivity index (χ4n) is 4.30. The lowest BCUT2D eigenvalue weighted by Crippen LogP contribution is -2.52. The molecular formula is C15H26N2O. The normalized spacial score (nSPS) is 43.4. The van der Waals surface area contributed by atoms with Crippen molar-refractivity contribution in [3.05, 3.63) is 0 Å². The first-order chi connectivity index (χ1) is 8.64. The highest BCUT2D eigenvalue weighted by atomic mass is 16.2. The lowest BCUT2D eigenvalue weighted by molar-refractivity contribution is -0.145. The molecule has 1 aliphatic heterocycles. The van der Waals surface area contributed by atoms with E-state index >= 15 is 0 Å². The molecule has 1 amide bonds. The molecule has 1 saturated heterocycles. The summed E-state index contributed by atoms with van der Waals surface area (Å²) in [7, 11) is 0. The van der Waals surface area contributed by atoms with Crippen molar-refractivity contribution in [3.8, 4) is 0 Å². The third-order valence-corrected chi connectivity index (χ3v) is 5.75. The number of carbonyl (C=O) groups is 1. The molecule has 1 heterocycles. The lowest BCUT2D eigenvalue weighted by Gasteiger charge is -2.42. The summed E-state index contributed by atoms with van der Waals surface area (Å²) >= 11 is 0. The molecule has 2 atom stereocenters. The second-order valence-corrected chi connectivity index (χ2v) is 6.96. The molecular weight excluding hydrogens is 224 g/mol. The minimum absolute atomic E-state index is 0.211. The van der Waals surface area contributed by atoms with Gasteiger partial charge in [-0.1, -0.05) is 6.92 Å². The van der Waals surface area contributed by atoms with Gasteiger partial charge in [-0.05, 0) is 56.8 Å². The van der Waals surface area contributed by atoms with E-state index in [-0.39, 0.29) is 5.41 Å². The average molecular weight is 250 g/mol. The average Bonchev–Trinajstić information content (AvgIpc) is 3.01. The number of nitrogens with two attached hydrogens (primary N) is 1. The first-order valence-electron chi connectivity index (χ1n) is 7.66. The third kappa shape index (κ3) is 1.87. The number of nitrogens with zero attached hydrogens (tertiary/aromatic N) is 1. The molecule has 0 spiro atoms. The molecule has 3 nitrogen and oxygen atoms in total.